The van der Waals surface area contributed by atoms with E-state index in [1.807, 2.05) is 0 Å². The van der Waals surface area contributed by atoms with Crippen LogP contribution in [0.15, 0.2) is 69.4 Å². The Bertz CT molecular complexity index is 1240. The molecule has 0 saturated heterocycles. The summed E-state index contributed by atoms with van der Waals surface area (Å²) in [6, 6.07) is 10.4. The molecule has 4 aromatic rings. The van der Waals surface area contributed by atoms with E-state index in [0.717, 1.165) is 17.8 Å². The van der Waals surface area contributed by atoms with Crippen LogP contribution in [0, 0.1) is 11.6 Å². The molecule has 0 amide bonds. The summed E-state index contributed by atoms with van der Waals surface area (Å²) >= 11 is 7.34. The van der Waals surface area contributed by atoms with Crippen LogP contribution in [-0.4, -0.2) is 14.2 Å². The first kappa shape index (κ1) is 17.8. The molecule has 0 bridgehead atoms. The van der Waals surface area contributed by atoms with Crippen LogP contribution < -0.4 is 5.56 Å². The lowest BCUT2D eigenvalue weighted by atomic mass is 10.1. The van der Waals surface area contributed by atoms with Crippen molar-refractivity contribution in [3.8, 4) is 11.1 Å². The van der Waals surface area contributed by atoms with Gasteiger partial charge in [0.05, 0.1) is 5.56 Å². The summed E-state index contributed by atoms with van der Waals surface area (Å²) < 4.78 is 30.0. The molecule has 0 fully saturated rings. The number of halogens is 3. The number of benzene rings is 2. The zero-order valence-electron chi connectivity index (χ0n) is 14.0. The summed E-state index contributed by atoms with van der Waals surface area (Å²) in [6.07, 6.45) is 3.22. The molecule has 0 aliphatic heterocycles. The Balaban J connectivity index is 1.84. The molecule has 2 heterocycles. The van der Waals surface area contributed by atoms with Gasteiger partial charge in [0.25, 0.3) is 5.56 Å². The smallest absolute Gasteiger partial charge is 0.267 e. The summed E-state index contributed by atoms with van der Waals surface area (Å²) in [4.78, 5) is 18.0. The van der Waals surface area contributed by atoms with E-state index in [2.05, 4.69) is 4.98 Å². The van der Waals surface area contributed by atoms with Crippen molar-refractivity contribution in [1.29, 1.82) is 0 Å². The van der Waals surface area contributed by atoms with Crippen LogP contribution in [0.5, 0.6) is 0 Å². The number of hydrogen-bond donors (Lipinski definition) is 0. The summed E-state index contributed by atoms with van der Waals surface area (Å²) in [7, 11) is 1.62. The number of aromatic nitrogens is 3. The van der Waals surface area contributed by atoms with Crippen LogP contribution in [0.2, 0.25) is 5.02 Å². The van der Waals surface area contributed by atoms with Gasteiger partial charge in [0.2, 0.25) is 0 Å². The van der Waals surface area contributed by atoms with Gasteiger partial charge < -0.3 is 0 Å². The molecule has 0 aliphatic carbocycles. The first-order chi connectivity index (χ1) is 13.0. The zero-order valence-corrected chi connectivity index (χ0v) is 15.6. The van der Waals surface area contributed by atoms with Crippen LogP contribution in [0.3, 0.4) is 0 Å². The van der Waals surface area contributed by atoms with Gasteiger partial charge in [0.15, 0.2) is 5.65 Å². The first-order valence-corrected chi connectivity index (χ1v) is 9.10. The summed E-state index contributed by atoms with van der Waals surface area (Å²) in [6.45, 7) is 0. The largest absolute Gasteiger partial charge is 0.276 e. The zero-order chi connectivity index (χ0) is 19.1. The molecule has 136 valence electrons. The van der Waals surface area contributed by atoms with Crippen molar-refractivity contribution in [2.75, 3.05) is 0 Å². The number of fused-ring (bicyclic) bond motifs is 1. The second-order valence-electron chi connectivity index (χ2n) is 5.82. The lowest BCUT2D eigenvalue weighted by molar-refractivity contribution is 0.565. The number of rotatable bonds is 3. The SMILES string of the molecule is Cn1c(=O)c(-c2ccccc2Cl)c2ncc(Sc3ccc(F)cc3F)cn21. The van der Waals surface area contributed by atoms with Gasteiger partial charge in [-0.2, -0.15) is 0 Å². The first-order valence-electron chi connectivity index (χ1n) is 7.91. The van der Waals surface area contributed by atoms with E-state index in [-0.39, 0.29) is 10.5 Å². The predicted octanol–water partition coefficient (Wildman–Crippen LogP) is 4.78. The molecule has 0 spiro atoms. The number of nitrogens with zero attached hydrogens (tertiary/aromatic N) is 3. The van der Waals surface area contributed by atoms with Crippen LogP contribution in [0.4, 0.5) is 8.78 Å². The molecule has 27 heavy (non-hydrogen) atoms. The van der Waals surface area contributed by atoms with Crippen molar-refractivity contribution in [2.24, 2.45) is 7.05 Å². The van der Waals surface area contributed by atoms with E-state index in [0.29, 0.717) is 26.7 Å². The molecular weight excluding hydrogens is 392 g/mol. The molecule has 0 atom stereocenters. The second kappa shape index (κ2) is 6.83. The van der Waals surface area contributed by atoms with Gasteiger partial charge in [0, 0.05) is 45.9 Å². The average Bonchev–Trinajstić information content (AvgIpc) is 2.89. The highest BCUT2D eigenvalue weighted by Crippen LogP contribution is 2.32. The molecule has 2 aromatic carbocycles. The van der Waals surface area contributed by atoms with E-state index in [9.17, 15) is 13.6 Å². The lowest BCUT2D eigenvalue weighted by Crippen LogP contribution is -2.16. The van der Waals surface area contributed by atoms with Gasteiger partial charge in [-0.3, -0.25) is 4.79 Å². The summed E-state index contributed by atoms with van der Waals surface area (Å²) in [5, 5.41) is 0.455. The van der Waals surface area contributed by atoms with E-state index in [1.54, 1.807) is 48.2 Å². The van der Waals surface area contributed by atoms with E-state index in [1.165, 1.54) is 16.8 Å². The van der Waals surface area contributed by atoms with Gasteiger partial charge >= 0.3 is 0 Å². The van der Waals surface area contributed by atoms with Gasteiger partial charge in [-0.05, 0) is 18.2 Å². The minimum Gasteiger partial charge on any atom is -0.267 e. The standard InChI is InChI=1S/C19H12ClF2N3OS/c1-24-19(26)17(13-4-2-3-5-14(13)20)18-23-9-12(10-25(18)24)27-16-7-6-11(21)8-15(16)22/h2-10H,1H3. The maximum atomic E-state index is 13.9. The molecule has 4 rings (SSSR count). The van der Waals surface area contributed by atoms with E-state index in [4.69, 9.17) is 11.6 Å². The molecule has 0 N–H and O–H groups in total. The third kappa shape index (κ3) is 3.13. The van der Waals surface area contributed by atoms with Gasteiger partial charge in [0.1, 0.15) is 11.6 Å². The van der Waals surface area contributed by atoms with Crippen molar-refractivity contribution < 1.29 is 8.78 Å². The number of aryl methyl sites for hydroxylation is 1. The minimum absolute atomic E-state index is 0.245. The highest BCUT2D eigenvalue weighted by Gasteiger charge is 2.18. The van der Waals surface area contributed by atoms with Crippen molar-refractivity contribution in [1.82, 2.24) is 14.2 Å². The quantitative estimate of drug-likeness (QED) is 0.494. The molecule has 0 saturated carbocycles. The fraction of sp³-hybridized carbons (Fsp3) is 0.0526. The molecule has 0 radical (unpaired) electrons. The van der Waals surface area contributed by atoms with E-state index < -0.39 is 11.6 Å². The Morgan fingerprint density at radius 2 is 1.93 bits per heavy atom. The maximum absolute atomic E-state index is 13.9. The predicted molar refractivity (Wildman–Crippen MR) is 101 cm³/mol. The fourth-order valence-corrected chi connectivity index (χ4v) is 3.83. The Morgan fingerprint density at radius 3 is 2.67 bits per heavy atom. The molecular formula is C19H12ClF2N3OS. The molecule has 2 aromatic heterocycles. The van der Waals surface area contributed by atoms with Crippen LogP contribution in [0.25, 0.3) is 16.8 Å². The van der Waals surface area contributed by atoms with E-state index >= 15 is 0 Å². The van der Waals surface area contributed by atoms with Gasteiger partial charge in [-0.25, -0.2) is 23.0 Å². The summed E-state index contributed by atoms with van der Waals surface area (Å²) in [5.41, 5.74) is 1.19. The minimum atomic E-state index is -0.654. The Morgan fingerprint density at radius 1 is 1.15 bits per heavy atom. The third-order valence-electron chi connectivity index (χ3n) is 4.10. The molecule has 0 unspecified atom stereocenters. The molecule has 8 heteroatoms. The van der Waals surface area contributed by atoms with Crippen LogP contribution in [0.1, 0.15) is 0 Å². The van der Waals surface area contributed by atoms with Crippen LogP contribution >= 0.6 is 23.4 Å². The Hall–Kier alpha value is -2.64. The lowest BCUT2D eigenvalue weighted by Gasteiger charge is -2.06. The Labute approximate surface area is 162 Å². The van der Waals surface area contributed by atoms with Crippen molar-refractivity contribution in [2.45, 2.75) is 9.79 Å². The topological polar surface area (TPSA) is 39.3 Å². The highest BCUT2D eigenvalue weighted by atomic mass is 35.5. The third-order valence-corrected chi connectivity index (χ3v) is 5.43. The van der Waals surface area contributed by atoms with Crippen molar-refractivity contribution >= 4 is 29.0 Å². The second-order valence-corrected chi connectivity index (χ2v) is 7.34. The molecule has 4 nitrogen and oxygen atoms in total. The fourth-order valence-electron chi connectivity index (χ4n) is 2.80. The maximum Gasteiger partial charge on any atom is 0.276 e. The average molecular weight is 404 g/mol. The highest BCUT2D eigenvalue weighted by molar-refractivity contribution is 7.99. The molecule has 0 aliphatic rings. The summed E-state index contributed by atoms with van der Waals surface area (Å²) in [5.74, 6) is -1.29. The monoisotopic (exact) mass is 403 g/mol. The van der Waals surface area contributed by atoms with Crippen molar-refractivity contribution in [3.05, 3.63) is 81.9 Å². The van der Waals surface area contributed by atoms with Gasteiger partial charge in [-0.1, -0.05) is 41.6 Å². The van der Waals surface area contributed by atoms with Crippen LogP contribution in [-0.2, 0) is 7.05 Å². The Kier molecular flexibility index (Phi) is 4.49. The normalized spacial score (nSPS) is 11.3. The number of hydrogen-bond acceptors (Lipinski definition) is 3. The van der Waals surface area contributed by atoms with Crippen molar-refractivity contribution in [3.63, 3.8) is 0 Å². The van der Waals surface area contributed by atoms with Gasteiger partial charge in [-0.15, -0.1) is 0 Å².